The molecule has 5 heteroatoms. The van der Waals surface area contributed by atoms with E-state index in [0.717, 1.165) is 5.69 Å². The van der Waals surface area contributed by atoms with Crippen molar-refractivity contribution in [2.45, 2.75) is 6.61 Å². The Kier molecular flexibility index (Phi) is 2.45. The number of nitrogens with two attached hydrogens (primary N) is 1. The number of ether oxygens (including phenoxy) is 1. The molecule has 0 saturated carbocycles. The summed E-state index contributed by atoms with van der Waals surface area (Å²) in [4.78, 5) is 0. The highest BCUT2D eigenvalue weighted by atomic mass is 16.5. The van der Waals surface area contributed by atoms with Crippen molar-refractivity contribution in [1.29, 1.82) is 0 Å². The first-order valence-corrected chi connectivity index (χ1v) is 4.45. The number of phenolic OH excluding ortho intramolecular Hbond substituents is 1. The van der Waals surface area contributed by atoms with Crippen LogP contribution in [0.25, 0.3) is 0 Å². The summed E-state index contributed by atoms with van der Waals surface area (Å²) in [5.74, 6) is 0.758. The minimum Gasteiger partial charge on any atom is -0.508 e. The molecule has 4 N–H and O–H groups in total. The smallest absolute Gasteiger partial charge is 0.132 e. The Bertz CT molecular complexity index is 453. The number of nitrogen functional groups attached to an aromatic ring is 1. The molecule has 5 nitrogen and oxygen atoms in total. The quantitative estimate of drug-likeness (QED) is 0.704. The van der Waals surface area contributed by atoms with Gasteiger partial charge in [0.15, 0.2) is 0 Å². The van der Waals surface area contributed by atoms with E-state index in [0.29, 0.717) is 18.0 Å². The fourth-order valence-electron chi connectivity index (χ4n) is 1.17. The van der Waals surface area contributed by atoms with Crippen molar-refractivity contribution < 1.29 is 9.84 Å². The highest BCUT2D eigenvalue weighted by Gasteiger charge is 2.02. The van der Waals surface area contributed by atoms with Gasteiger partial charge in [0, 0.05) is 6.07 Å². The molecule has 0 amide bonds. The van der Waals surface area contributed by atoms with Crippen molar-refractivity contribution >= 4 is 5.69 Å². The van der Waals surface area contributed by atoms with E-state index in [1.807, 2.05) is 0 Å². The van der Waals surface area contributed by atoms with Gasteiger partial charge in [-0.25, -0.2) is 0 Å². The lowest BCUT2D eigenvalue weighted by Gasteiger charge is -2.05. The average Bonchev–Trinajstić information content (AvgIpc) is 2.61. The Morgan fingerprint density at radius 2 is 2.33 bits per heavy atom. The van der Waals surface area contributed by atoms with Gasteiger partial charge in [-0.05, 0) is 12.1 Å². The minimum absolute atomic E-state index is 0.171. The van der Waals surface area contributed by atoms with E-state index in [2.05, 4.69) is 10.2 Å². The van der Waals surface area contributed by atoms with E-state index in [4.69, 9.17) is 10.5 Å². The molecule has 1 aromatic carbocycles. The number of aromatic nitrogens is 2. The molecule has 1 heterocycles. The SMILES string of the molecule is Nc1cn[nH]c1COc1cccc(O)c1. The number of nitrogens with zero attached hydrogens (tertiary/aromatic N) is 1. The number of benzene rings is 1. The van der Waals surface area contributed by atoms with Crippen molar-refractivity contribution in [3.05, 3.63) is 36.2 Å². The van der Waals surface area contributed by atoms with Crippen molar-refractivity contribution in [3.63, 3.8) is 0 Å². The maximum atomic E-state index is 9.20. The number of H-pyrrole nitrogens is 1. The van der Waals surface area contributed by atoms with Gasteiger partial charge in [0.25, 0.3) is 0 Å². The van der Waals surface area contributed by atoms with Crippen LogP contribution in [0, 0.1) is 0 Å². The van der Waals surface area contributed by atoms with Crippen LogP contribution in [-0.4, -0.2) is 15.3 Å². The summed E-state index contributed by atoms with van der Waals surface area (Å²) in [7, 11) is 0. The maximum absolute atomic E-state index is 9.20. The predicted molar refractivity (Wildman–Crippen MR) is 55.4 cm³/mol. The Morgan fingerprint density at radius 1 is 1.47 bits per heavy atom. The first-order valence-electron chi connectivity index (χ1n) is 4.45. The van der Waals surface area contributed by atoms with Crippen LogP contribution < -0.4 is 10.5 Å². The zero-order chi connectivity index (χ0) is 10.7. The lowest BCUT2D eigenvalue weighted by atomic mass is 10.3. The van der Waals surface area contributed by atoms with Gasteiger partial charge in [0.1, 0.15) is 18.1 Å². The Hall–Kier alpha value is -2.17. The van der Waals surface area contributed by atoms with Crippen LogP contribution in [0.15, 0.2) is 30.5 Å². The van der Waals surface area contributed by atoms with Crippen LogP contribution >= 0.6 is 0 Å². The molecule has 0 saturated heterocycles. The molecule has 2 aromatic rings. The monoisotopic (exact) mass is 205 g/mol. The number of phenols is 1. The Morgan fingerprint density at radius 3 is 3.00 bits per heavy atom. The number of nitrogens with one attached hydrogen (secondary N) is 1. The van der Waals surface area contributed by atoms with Gasteiger partial charge in [-0.1, -0.05) is 6.07 Å². The number of aromatic amines is 1. The number of rotatable bonds is 3. The summed E-state index contributed by atoms with van der Waals surface area (Å²) < 4.78 is 5.40. The summed E-state index contributed by atoms with van der Waals surface area (Å²) in [6, 6.07) is 6.58. The molecule has 0 spiro atoms. The second kappa shape index (κ2) is 3.91. The zero-order valence-electron chi connectivity index (χ0n) is 7.97. The van der Waals surface area contributed by atoms with E-state index in [1.165, 1.54) is 12.3 Å². The van der Waals surface area contributed by atoms with Crippen LogP contribution in [0.3, 0.4) is 0 Å². The largest absolute Gasteiger partial charge is 0.508 e. The fraction of sp³-hybridized carbons (Fsp3) is 0.100. The second-order valence-electron chi connectivity index (χ2n) is 3.09. The summed E-state index contributed by atoms with van der Waals surface area (Å²) in [6.45, 7) is 0.301. The molecule has 0 atom stereocenters. The molecule has 2 rings (SSSR count). The van der Waals surface area contributed by atoms with Gasteiger partial charge in [-0.2, -0.15) is 5.10 Å². The fourth-order valence-corrected chi connectivity index (χ4v) is 1.17. The van der Waals surface area contributed by atoms with Crippen molar-refractivity contribution in [1.82, 2.24) is 10.2 Å². The van der Waals surface area contributed by atoms with Crippen molar-refractivity contribution in [2.24, 2.45) is 0 Å². The number of hydrogen-bond donors (Lipinski definition) is 3. The molecule has 0 aliphatic rings. The van der Waals surface area contributed by atoms with Gasteiger partial charge < -0.3 is 15.6 Å². The predicted octanol–water partition coefficient (Wildman–Crippen LogP) is 1.28. The maximum Gasteiger partial charge on any atom is 0.132 e. The van der Waals surface area contributed by atoms with E-state index in [1.54, 1.807) is 18.2 Å². The van der Waals surface area contributed by atoms with Crippen LogP contribution in [0.2, 0.25) is 0 Å². The first kappa shape index (κ1) is 9.39. The Balaban J connectivity index is 2.02. The minimum atomic E-state index is 0.171. The summed E-state index contributed by atoms with van der Waals surface area (Å²) in [5.41, 5.74) is 6.90. The topological polar surface area (TPSA) is 84.2 Å². The third-order valence-corrected chi connectivity index (χ3v) is 1.95. The molecular weight excluding hydrogens is 194 g/mol. The van der Waals surface area contributed by atoms with Gasteiger partial charge in [0.05, 0.1) is 17.6 Å². The van der Waals surface area contributed by atoms with E-state index in [9.17, 15) is 5.11 Å². The molecule has 0 radical (unpaired) electrons. The van der Waals surface area contributed by atoms with E-state index >= 15 is 0 Å². The number of aromatic hydroxyl groups is 1. The van der Waals surface area contributed by atoms with Gasteiger partial charge in [0.2, 0.25) is 0 Å². The molecule has 0 bridgehead atoms. The van der Waals surface area contributed by atoms with E-state index in [-0.39, 0.29) is 5.75 Å². The Labute approximate surface area is 86.5 Å². The third kappa shape index (κ3) is 2.19. The van der Waals surface area contributed by atoms with Crippen molar-refractivity contribution in [2.75, 3.05) is 5.73 Å². The lowest BCUT2D eigenvalue weighted by molar-refractivity contribution is 0.300. The van der Waals surface area contributed by atoms with Gasteiger partial charge in [-0.15, -0.1) is 0 Å². The summed E-state index contributed by atoms with van der Waals surface area (Å²) in [6.07, 6.45) is 1.53. The lowest BCUT2D eigenvalue weighted by Crippen LogP contribution is -1.99. The van der Waals surface area contributed by atoms with Crippen LogP contribution in [-0.2, 0) is 6.61 Å². The zero-order valence-corrected chi connectivity index (χ0v) is 7.97. The highest BCUT2D eigenvalue weighted by molar-refractivity contribution is 5.40. The normalized spacial score (nSPS) is 10.1. The van der Waals surface area contributed by atoms with E-state index < -0.39 is 0 Å². The molecule has 0 unspecified atom stereocenters. The summed E-state index contributed by atoms with van der Waals surface area (Å²) >= 11 is 0. The third-order valence-electron chi connectivity index (χ3n) is 1.95. The average molecular weight is 205 g/mol. The van der Waals surface area contributed by atoms with Gasteiger partial charge in [-0.3, -0.25) is 5.10 Å². The molecule has 78 valence electrons. The van der Waals surface area contributed by atoms with Crippen LogP contribution in [0.5, 0.6) is 11.5 Å². The highest BCUT2D eigenvalue weighted by Crippen LogP contribution is 2.19. The van der Waals surface area contributed by atoms with Crippen LogP contribution in [0.4, 0.5) is 5.69 Å². The van der Waals surface area contributed by atoms with Crippen molar-refractivity contribution in [3.8, 4) is 11.5 Å². The summed E-state index contributed by atoms with van der Waals surface area (Å²) in [5, 5.41) is 15.7. The molecule has 0 fully saturated rings. The second-order valence-corrected chi connectivity index (χ2v) is 3.09. The standard InChI is InChI=1S/C10H11N3O2/c11-9-5-12-13-10(9)6-15-8-3-1-2-7(14)4-8/h1-5,14H,6,11H2,(H,12,13). The van der Waals surface area contributed by atoms with Gasteiger partial charge >= 0.3 is 0 Å². The van der Waals surface area contributed by atoms with Crippen LogP contribution in [0.1, 0.15) is 5.69 Å². The molecule has 0 aliphatic carbocycles. The number of hydrogen-bond acceptors (Lipinski definition) is 4. The first-order chi connectivity index (χ1) is 7.25. The molecule has 0 aliphatic heterocycles. The molecule has 15 heavy (non-hydrogen) atoms. The molecule has 1 aromatic heterocycles. The molecular formula is C10H11N3O2. The number of anilines is 1.